The van der Waals surface area contributed by atoms with Crippen LogP contribution in [0.25, 0.3) is 0 Å². The summed E-state index contributed by atoms with van der Waals surface area (Å²) in [6.45, 7) is 2.57. The third-order valence-electron chi connectivity index (χ3n) is 3.70. The molecule has 2 aliphatic rings. The fraction of sp³-hybridized carbons (Fsp3) is 1.00. The summed E-state index contributed by atoms with van der Waals surface area (Å²) in [6, 6.07) is 0.486. The predicted octanol–water partition coefficient (Wildman–Crippen LogP) is 1.57. The Kier molecular flexibility index (Phi) is 4.42. The Morgan fingerprint density at radius 2 is 2.07 bits per heavy atom. The highest BCUT2D eigenvalue weighted by Gasteiger charge is 2.26. The molecule has 0 aromatic carbocycles. The number of hydrogen-bond acceptors (Lipinski definition) is 3. The number of nitrogens with one attached hydrogen (secondary N) is 1. The van der Waals surface area contributed by atoms with E-state index >= 15 is 0 Å². The topological polar surface area (TPSA) is 30.5 Å². The standard InChI is InChI=1S/C12H23NO2/c1-13-11-6-7-14-9-12(11)15-8-10-4-2-3-5-10/h10-13H,2-9H2,1H3. The third kappa shape index (κ3) is 3.16. The molecular formula is C12H23NO2. The summed E-state index contributed by atoms with van der Waals surface area (Å²) in [5, 5.41) is 3.32. The largest absolute Gasteiger partial charge is 0.379 e. The van der Waals surface area contributed by atoms with Gasteiger partial charge in [0.2, 0.25) is 0 Å². The van der Waals surface area contributed by atoms with Crippen LogP contribution in [0.1, 0.15) is 32.1 Å². The second-order valence-electron chi connectivity index (χ2n) is 4.78. The van der Waals surface area contributed by atoms with Crippen molar-refractivity contribution >= 4 is 0 Å². The molecule has 1 aliphatic carbocycles. The first kappa shape index (κ1) is 11.4. The Bertz CT molecular complexity index is 180. The van der Waals surface area contributed by atoms with E-state index in [1.54, 1.807) is 0 Å². The van der Waals surface area contributed by atoms with Gasteiger partial charge in [0.05, 0.1) is 12.7 Å². The van der Waals surface area contributed by atoms with Gasteiger partial charge in [0.1, 0.15) is 0 Å². The normalized spacial score (nSPS) is 33.4. The highest BCUT2D eigenvalue weighted by Crippen LogP contribution is 2.25. The molecule has 1 heterocycles. The van der Waals surface area contributed by atoms with Gasteiger partial charge in [-0.05, 0) is 32.2 Å². The number of hydrogen-bond donors (Lipinski definition) is 1. The molecule has 0 spiro atoms. The molecule has 2 atom stereocenters. The van der Waals surface area contributed by atoms with Crippen molar-refractivity contribution in [2.24, 2.45) is 5.92 Å². The lowest BCUT2D eigenvalue weighted by molar-refractivity contribution is -0.0758. The van der Waals surface area contributed by atoms with E-state index in [0.717, 1.165) is 32.2 Å². The monoisotopic (exact) mass is 213 g/mol. The van der Waals surface area contributed by atoms with Gasteiger partial charge in [0.25, 0.3) is 0 Å². The molecular weight excluding hydrogens is 190 g/mol. The number of likely N-dealkylation sites (N-methyl/N-ethyl adjacent to an activating group) is 1. The average Bonchev–Trinajstić information content (AvgIpc) is 2.79. The van der Waals surface area contributed by atoms with E-state index in [4.69, 9.17) is 9.47 Å². The van der Waals surface area contributed by atoms with Gasteiger partial charge in [0, 0.05) is 19.3 Å². The summed E-state index contributed by atoms with van der Waals surface area (Å²) in [5.74, 6) is 0.810. The average molecular weight is 213 g/mol. The quantitative estimate of drug-likeness (QED) is 0.769. The van der Waals surface area contributed by atoms with Gasteiger partial charge in [-0.2, -0.15) is 0 Å². The van der Waals surface area contributed by atoms with E-state index < -0.39 is 0 Å². The van der Waals surface area contributed by atoms with Gasteiger partial charge < -0.3 is 14.8 Å². The van der Waals surface area contributed by atoms with Crippen molar-refractivity contribution < 1.29 is 9.47 Å². The SMILES string of the molecule is CNC1CCOCC1OCC1CCCC1. The van der Waals surface area contributed by atoms with Crippen LogP contribution in [0.5, 0.6) is 0 Å². The van der Waals surface area contributed by atoms with Gasteiger partial charge in [0.15, 0.2) is 0 Å². The summed E-state index contributed by atoms with van der Waals surface area (Å²) >= 11 is 0. The Hall–Kier alpha value is -0.120. The molecule has 3 heteroatoms. The van der Waals surface area contributed by atoms with Crippen molar-refractivity contribution in [2.75, 3.05) is 26.9 Å². The lowest BCUT2D eigenvalue weighted by Crippen LogP contribution is -2.46. The molecule has 0 radical (unpaired) electrons. The maximum absolute atomic E-state index is 5.98. The maximum atomic E-state index is 5.98. The Labute approximate surface area is 92.5 Å². The van der Waals surface area contributed by atoms with Crippen LogP contribution in [-0.4, -0.2) is 39.0 Å². The molecule has 2 rings (SSSR count). The zero-order valence-electron chi connectivity index (χ0n) is 9.71. The van der Waals surface area contributed by atoms with Crippen molar-refractivity contribution in [2.45, 2.75) is 44.2 Å². The Morgan fingerprint density at radius 1 is 1.27 bits per heavy atom. The first-order valence-electron chi connectivity index (χ1n) is 6.26. The molecule has 0 amide bonds. The van der Waals surface area contributed by atoms with Crippen LogP contribution in [-0.2, 0) is 9.47 Å². The van der Waals surface area contributed by atoms with Crippen LogP contribution in [0.15, 0.2) is 0 Å². The van der Waals surface area contributed by atoms with Crippen molar-refractivity contribution in [1.82, 2.24) is 5.32 Å². The first-order valence-corrected chi connectivity index (χ1v) is 6.26. The third-order valence-corrected chi connectivity index (χ3v) is 3.70. The lowest BCUT2D eigenvalue weighted by Gasteiger charge is -2.31. The van der Waals surface area contributed by atoms with E-state index in [1.165, 1.54) is 25.7 Å². The van der Waals surface area contributed by atoms with Crippen LogP contribution in [0.3, 0.4) is 0 Å². The Balaban J connectivity index is 1.71. The van der Waals surface area contributed by atoms with Crippen LogP contribution >= 0.6 is 0 Å². The van der Waals surface area contributed by atoms with Crippen LogP contribution in [0.4, 0.5) is 0 Å². The maximum Gasteiger partial charge on any atom is 0.0961 e. The molecule has 1 N–H and O–H groups in total. The molecule has 1 saturated heterocycles. The second-order valence-corrected chi connectivity index (χ2v) is 4.78. The van der Waals surface area contributed by atoms with Gasteiger partial charge in [-0.15, -0.1) is 0 Å². The molecule has 2 fully saturated rings. The molecule has 2 unspecified atom stereocenters. The predicted molar refractivity (Wildman–Crippen MR) is 60.0 cm³/mol. The van der Waals surface area contributed by atoms with Gasteiger partial charge >= 0.3 is 0 Å². The van der Waals surface area contributed by atoms with Crippen molar-refractivity contribution in [3.05, 3.63) is 0 Å². The van der Waals surface area contributed by atoms with E-state index in [0.29, 0.717) is 6.04 Å². The molecule has 0 aromatic heterocycles. The minimum Gasteiger partial charge on any atom is -0.379 e. The minimum atomic E-state index is 0.268. The zero-order valence-corrected chi connectivity index (χ0v) is 9.71. The van der Waals surface area contributed by atoms with Crippen LogP contribution in [0.2, 0.25) is 0 Å². The fourth-order valence-corrected chi connectivity index (χ4v) is 2.64. The van der Waals surface area contributed by atoms with E-state index in [-0.39, 0.29) is 6.10 Å². The summed E-state index contributed by atoms with van der Waals surface area (Å²) in [7, 11) is 2.02. The minimum absolute atomic E-state index is 0.268. The molecule has 0 aromatic rings. The molecule has 88 valence electrons. The molecule has 3 nitrogen and oxygen atoms in total. The highest BCUT2D eigenvalue weighted by atomic mass is 16.5. The van der Waals surface area contributed by atoms with Crippen LogP contribution in [0, 0.1) is 5.92 Å². The fourth-order valence-electron chi connectivity index (χ4n) is 2.64. The first-order chi connectivity index (χ1) is 7.40. The summed E-state index contributed by atoms with van der Waals surface area (Å²) in [5.41, 5.74) is 0. The molecule has 0 bridgehead atoms. The van der Waals surface area contributed by atoms with E-state index in [1.807, 2.05) is 7.05 Å². The highest BCUT2D eigenvalue weighted by molar-refractivity contribution is 4.80. The van der Waals surface area contributed by atoms with E-state index in [2.05, 4.69) is 5.32 Å². The second kappa shape index (κ2) is 5.83. The van der Waals surface area contributed by atoms with Gasteiger partial charge in [-0.1, -0.05) is 12.8 Å². The molecule has 1 aliphatic heterocycles. The van der Waals surface area contributed by atoms with Crippen molar-refractivity contribution in [3.63, 3.8) is 0 Å². The van der Waals surface area contributed by atoms with Gasteiger partial charge in [-0.3, -0.25) is 0 Å². The summed E-state index contributed by atoms with van der Waals surface area (Å²) < 4.78 is 11.4. The number of rotatable bonds is 4. The summed E-state index contributed by atoms with van der Waals surface area (Å²) in [6.07, 6.45) is 6.85. The summed E-state index contributed by atoms with van der Waals surface area (Å²) in [4.78, 5) is 0. The number of ether oxygens (including phenoxy) is 2. The van der Waals surface area contributed by atoms with Gasteiger partial charge in [-0.25, -0.2) is 0 Å². The van der Waals surface area contributed by atoms with Crippen molar-refractivity contribution in [3.8, 4) is 0 Å². The molecule has 15 heavy (non-hydrogen) atoms. The molecule has 1 saturated carbocycles. The zero-order chi connectivity index (χ0) is 10.5. The smallest absolute Gasteiger partial charge is 0.0961 e. The van der Waals surface area contributed by atoms with Crippen molar-refractivity contribution in [1.29, 1.82) is 0 Å². The van der Waals surface area contributed by atoms with Crippen LogP contribution < -0.4 is 5.32 Å². The van der Waals surface area contributed by atoms with E-state index in [9.17, 15) is 0 Å². The Morgan fingerprint density at radius 3 is 2.80 bits per heavy atom. The lowest BCUT2D eigenvalue weighted by atomic mass is 10.1.